The molecule has 0 bridgehead atoms. The Balaban J connectivity index is 1.49. The van der Waals surface area contributed by atoms with Gasteiger partial charge in [-0.3, -0.25) is 0 Å². The molecule has 2 amide bonds. The van der Waals surface area contributed by atoms with Crippen LogP contribution in [0.5, 0.6) is 0 Å². The maximum absolute atomic E-state index is 12.6. The fraction of sp³-hybridized carbons (Fsp3) is 0.632. The molecule has 1 aromatic carbocycles. The number of carbonyl (C=O) groups is 1. The summed E-state index contributed by atoms with van der Waals surface area (Å²) in [4.78, 5) is 12.6. The topological polar surface area (TPSA) is 87.3 Å². The van der Waals surface area contributed by atoms with E-state index < -0.39 is 36.1 Å². The van der Waals surface area contributed by atoms with Gasteiger partial charge in [-0.05, 0) is 39.8 Å². The molecule has 3 aliphatic heterocycles. The highest BCUT2D eigenvalue weighted by molar-refractivity contribution is 5.89. The summed E-state index contributed by atoms with van der Waals surface area (Å²) in [6, 6.07) is 8.46. The number of amides is 2. The van der Waals surface area contributed by atoms with E-state index in [1.165, 1.54) is 0 Å². The molecular weight excluding hydrogens is 352 g/mol. The fourth-order valence-electron chi connectivity index (χ4n) is 3.73. The Morgan fingerprint density at radius 2 is 1.74 bits per heavy atom. The molecule has 1 aromatic rings. The highest BCUT2D eigenvalue weighted by Crippen LogP contribution is 2.40. The molecule has 0 radical (unpaired) electrons. The second kappa shape index (κ2) is 6.72. The summed E-state index contributed by atoms with van der Waals surface area (Å²) in [5, 5.41) is 5.80. The van der Waals surface area contributed by atoms with Crippen molar-refractivity contribution < 1.29 is 28.5 Å². The fourth-order valence-corrected chi connectivity index (χ4v) is 3.73. The number of para-hydroxylation sites is 1. The lowest BCUT2D eigenvalue weighted by Gasteiger charge is -2.29. The van der Waals surface area contributed by atoms with Crippen LogP contribution in [0.4, 0.5) is 10.5 Å². The SMILES string of the molecule is CC1(C)OCC([C@H]2O[C@@H]3OC(C)(C)O[C@@H]3[C@H]2NC(=O)Nc2ccccc2)O1. The summed E-state index contributed by atoms with van der Waals surface area (Å²) in [6.07, 6.45) is -1.78. The molecule has 5 atom stereocenters. The van der Waals surface area contributed by atoms with Crippen LogP contribution in [0, 0.1) is 0 Å². The molecule has 1 unspecified atom stereocenters. The molecule has 0 spiro atoms. The molecule has 27 heavy (non-hydrogen) atoms. The lowest BCUT2D eigenvalue weighted by atomic mass is 10.0. The molecule has 8 nitrogen and oxygen atoms in total. The van der Waals surface area contributed by atoms with Gasteiger partial charge in [0.2, 0.25) is 0 Å². The van der Waals surface area contributed by atoms with E-state index in [1.54, 1.807) is 0 Å². The number of rotatable bonds is 3. The number of hydrogen-bond acceptors (Lipinski definition) is 6. The maximum atomic E-state index is 12.6. The van der Waals surface area contributed by atoms with Crippen molar-refractivity contribution in [1.29, 1.82) is 0 Å². The summed E-state index contributed by atoms with van der Waals surface area (Å²) < 4.78 is 29.5. The first-order valence-corrected chi connectivity index (χ1v) is 9.18. The van der Waals surface area contributed by atoms with Gasteiger partial charge in [0.15, 0.2) is 17.9 Å². The molecule has 148 valence electrons. The predicted octanol–water partition coefficient (Wildman–Crippen LogP) is 2.20. The van der Waals surface area contributed by atoms with Crippen molar-refractivity contribution in [1.82, 2.24) is 5.32 Å². The zero-order valence-corrected chi connectivity index (χ0v) is 15.9. The highest BCUT2D eigenvalue weighted by Gasteiger charge is 2.58. The second-order valence-corrected chi connectivity index (χ2v) is 7.93. The van der Waals surface area contributed by atoms with Crippen LogP contribution in [-0.2, 0) is 23.7 Å². The zero-order chi connectivity index (χ0) is 19.2. The van der Waals surface area contributed by atoms with E-state index in [0.717, 1.165) is 0 Å². The molecular formula is C19H26N2O6. The van der Waals surface area contributed by atoms with Crippen LogP contribution in [0.3, 0.4) is 0 Å². The number of nitrogens with one attached hydrogen (secondary N) is 2. The monoisotopic (exact) mass is 378 g/mol. The molecule has 3 fully saturated rings. The Labute approximate surface area is 158 Å². The number of hydrogen-bond donors (Lipinski definition) is 2. The first-order valence-electron chi connectivity index (χ1n) is 9.18. The minimum Gasteiger partial charge on any atom is -0.348 e. The van der Waals surface area contributed by atoms with Gasteiger partial charge in [-0.15, -0.1) is 0 Å². The Kier molecular flexibility index (Phi) is 4.64. The third-order valence-electron chi connectivity index (χ3n) is 4.81. The molecule has 3 heterocycles. The standard InChI is InChI=1S/C19H26N2O6/c1-18(2)23-10-12(25-18)14-13(15-16(24-14)27-19(3,4)26-15)21-17(22)20-11-8-6-5-7-9-11/h5-9,12-16H,10H2,1-4H3,(H2,20,21,22)/t12?,13-,14+,15+,16+/m0/s1. The molecule has 0 aliphatic carbocycles. The lowest BCUT2D eigenvalue weighted by Crippen LogP contribution is -2.53. The van der Waals surface area contributed by atoms with E-state index in [2.05, 4.69) is 10.6 Å². The van der Waals surface area contributed by atoms with Crippen LogP contribution < -0.4 is 10.6 Å². The predicted molar refractivity (Wildman–Crippen MR) is 96.0 cm³/mol. The lowest BCUT2D eigenvalue weighted by molar-refractivity contribution is -0.223. The van der Waals surface area contributed by atoms with Crippen LogP contribution in [0.1, 0.15) is 27.7 Å². The van der Waals surface area contributed by atoms with E-state index in [0.29, 0.717) is 12.3 Å². The van der Waals surface area contributed by atoms with Gasteiger partial charge >= 0.3 is 6.03 Å². The van der Waals surface area contributed by atoms with Crippen molar-refractivity contribution in [3.05, 3.63) is 30.3 Å². The average Bonchev–Trinajstić information content (AvgIpc) is 3.19. The van der Waals surface area contributed by atoms with Crippen molar-refractivity contribution in [2.24, 2.45) is 0 Å². The van der Waals surface area contributed by atoms with Gasteiger partial charge in [0.25, 0.3) is 0 Å². The summed E-state index contributed by atoms with van der Waals surface area (Å²) in [7, 11) is 0. The van der Waals surface area contributed by atoms with Crippen molar-refractivity contribution in [2.45, 2.75) is 69.9 Å². The van der Waals surface area contributed by atoms with E-state index >= 15 is 0 Å². The average molecular weight is 378 g/mol. The van der Waals surface area contributed by atoms with Crippen molar-refractivity contribution in [3.63, 3.8) is 0 Å². The third kappa shape index (κ3) is 3.95. The zero-order valence-electron chi connectivity index (χ0n) is 15.9. The molecule has 2 N–H and O–H groups in total. The summed E-state index contributed by atoms with van der Waals surface area (Å²) in [5.41, 5.74) is 0.701. The van der Waals surface area contributed by atoms with Crippen molar-refractivity contribution in [2.75, 3.05) is 11.9 Å². The van der Waals surface area contributed by atoms with E-state index in [9.17, 15) is 4.79 Å². The van der Waals surface area contributed by atoms with Gasteiger partial charge in [-0.1, -0.05) is 18.2 Å². The van der Waals surface area contributed by atoms with Crippen LogP contribution in [-0.4, -0.2) is 54.9 Å². The number of benzene rings is 1. The molecule has 0 saturated carbocycles. The Morgan fingerprint density at radius 3 is 2.41 bits per heavy atom. The van der Waals surface area contributed by atoms with E-state index in [4.69, 9.17) is 23.7 Å². The number of ether oxygens (including phenoxy) is 5. The first kappa shape index (κ1) is 18.6. The summed E-state index contributed by atoms with van der Waals surface area (Å²) >= 11 is 0. The Hall–Kier alpha value is -1.71. The summed E-state index contributed by atoms with van der Waals surface area (Å²) in [6.45, 7) is 7.72. The third-order valence-corrected chi connectivity index (χ3v) is 4.81. The van der Waals surface area contributed by atoms with Gasteiger partial charge < -0.3 is 34.3 Å². The molecule has 8 heteroatoms. The number of carbonyl (C=O) groups excluding carboxylic acids is 1. The van der Waals surface area contributed by atoms with Gasteiger partial charge in [0, 0.05) is 5.69 Å². The van der Waals surface area contributed by atoms with Crippen LogP contribution >= 0.6 is 0 Å². The van der Waals surface area contributed by atoms with Crippen molar-refractivity contribution in [3.8, 4) is 0 Å². The first-order chi connectivity index (χ1) is 12.7. The summed E-state index contributed by atoms with van der Waals surface area (Å²) in [5.74, 6) is -1.47. The van der Waals surface area contributed by atoms with Crippen molar-refractivity contribution >= 4 is 11.7 Å². The maximum Gasteiger partial charge on any atom is 0.319 e. The Bertz CT molecular complexity index is 695. The van der Waals surface area contributed by atoms with Gasteiger partial charge in [0.05, 0.1) is 12.6 Å². The van der Waals surface area contributed by atoms with Crippen LogP contribution in [0.25, 0.3) is 0 Å². The molecule has 3 saturated heterocycles. The minimum atomic E-state index is -0.775. The second-order valence-electron chi connectivity index (χ2n) is 7.93. The molecule has 3 aliphatic rings. The van der Waals surface area contributed by atoms with E-state index in [-0.39, 0.29) is 12.1 Å². The smallest absolute Gasteiger partial charge is 0.319 e. The molecule has 4 rings (SSSR count). The van der Waals surface area contributed by atoms with E-state index in [1.807, 2.05) is 58.0 Å². The van der Waals surface area contributed by atoms with Gasteiger partial charge in [-0.25, -0.2) is 4.79 Å². The van der Waals surface area contributed by atoms with Gasteiger partial charge in [-0.2, -0.15) is 0 Å². The number of anilines is 1. The number of urea groups is 1. The largest absolute Gasteiger partial charge is 0.348 e. The minimum absolute atomic E-state index is 0.331. The van der Waals surface area contributed by atoms with Gasteiger partial charge in [0.1, 0.15) is 18.3 Å². The quantitative estimate of drug-likeness (QED) is 0.839. The molecule has 0 aromatic heterocycles. The highest BCUT2D eigenvalue weighted by atomic mass is 16.8. The van der Waals surface area contributed by atoms with Crippen LogP contribution in [0.15, 0.2) is 30.3 Å². The normalized spacial score (nSPS) is 36.4. The number of fused-ring (bicyclic) bond motifs is 1. The Morgan fingerprint density at radius 1 is 1.00 bits per heavy atom. The van der Waals surface area contributed by atoms with Crippen LogP contribution in [0.2, 0.25) is 0 Å².